The van der Waals surface area contributed by atoms with Gasteiger partial charge in [-0.3, -0.25) is 0 Å². The summed E-state index contributed by atoms with van der Waals surface area (Å²) in [5.74, 6) is 0. The maximum absolute atomic E-state index is 8.95. The fourth-order valence-electron chi connectivity index (χ4n) is 3.00. The molecule has 2 heteroatoms. The summed E-state index contributed by atoms with van der Waals surface area (Å²) >= 11 is 0. The molecule has 0 spiro atoms. The van der Waals surface area contributed by atoms with Gasteiger partial charge in [-0.05, 0) is 55.2 Å². The van der Waals surface area contributed by atoms with Crippen LogP contribution in [0.4, 0.5) is 5.69 Å². The number of rotatable bonds is 2. The van der Waals surface area contributed by atoms with Crippen molar-refractivity contribution in [2.24, 2.45) is 0 Å². The minimum Gasteiger partial charge on any atom is -0.364 e. The molecule has 2 aromatic carbocycles. The summed E-state index contributed by atoms with van der Waals surface area (Å²) in [4.78, 5) is 2.46. The van der Waals surface area contributed by atoms with Crippen LogP contribution in [0.1, 0.15) is 29.2 Å². The number of anilines is 1. The summed E-state index contributed by atoms with van der Waals surface area (Å²) in [5, 5.41) is 8.95. The molecule has 0 N–H and O–H groups in total. The van der Waals surface area contributed by atoms with Gasteiger partial charge in [-0.25, -0.2) is 0 Å². The molecular formula is C18H18N2. The van der Waals surface area contributed by atoms with E-state index in [0.717, 1.165) is 18.5 Å². The van der Waals surface area contributed by atoms with Gasteiger partial charge in [-0.2, -0.15) is 5.26 Å². The van der Waals surface area contributed by atoms with E-state index >= 15 is 0 Å². The summed E-state index contributed by atoms with van der Waals surface area (Å²) in [6, 6.07) is 17.3. The van der Waals surface area contributed by atoms with E-state index in [1.165, 1.54) is 22.4 Å². The van der Waals surface area contributed by atoms with Crippen LogP contribution in [0.5, 0.6) is 0 Å². The lowest BCUT2D eigenvalue weighted by molar-refractivity contribution is 0.671. The maximum atomic E-state index is 8.95. The highest BCUT2D eigenvalue weighted by Crippen LogP contribution is 2.33. The Kier molecular flexibility index (Phi) is 3.20. The molecule has 100 valence electrons. The number of para-hydroxylation sites is 1. The van der Waals surface area contributed by atoms with Crippen LogP contribution in [0.2, 0.25) is 0 Å². The van der Waals surface area contributed by atoms with Gasteiger partial charge in [0.2, 0.25) is 0 Å². The molecule has 3 rings (SSSR count). The summed E-state index contributed by atoms with van der Waals surface area (Å²) in [6.45, 7) is 5.28. The number of nitrogens with zero attached hydrogens (tertiary/aromatic N) is 2. The zero-order valence-electron chi connectivity index (χ0n) is 11.9. The molecule has 1 aliphatic heterocycles. The average molecular weight is 262 g/mol. The third-order valence-electron chi connectivity index (χ3n) is 4.16. The highest BCUT2D eigenvalue weighted by molar-refractivity contribution is 5.59. The zero-order valence-corrected chi connectivity index (χ0v) is 11.9. The Morgan fingerprint density at radius 3 is 2.80 bits per heavy atom. The standard InChI is InChI=1S/C18H18N2/c1-13-9-15(11-19)7-8-17(13)12-20-14(2)10-16-5-3-4-6-18(16)20/h3-9,14H,10,12H2,1-2H3. The highest BCUT2D eigenvalue weighted by atomic mass is 15.2. The van der Waals surface area contributed by atoms with Crippen LogP contribution in [0, 0.1) is 18.3 Å². The van der Waals surface area contributed by atoms with Crippen LogP contribution in [0.25, 0.3) is 0 Å². The van der Waals surface area contributed by atoms with Gasteiger partial charge in [0.15, 0.2) is 0 Å². The first-order valence-corrected chi connectivity index (χ1v) is 7.03. The molecule has 1 atom stereocenters. The predicted octanol–water partition coefficient (Wildman–Crippen LogP) is 3.82. The summed E-state index contributed by atoms with van der Waals surface area (Å²) < 4.78 is 0. The Morgan fingerprint density at radius 1 is 1.25 bits per heavy atom. The molecule has 0 bridgehead atoms. The van der Waals surface area contributed by atoms with Crippen molar-refractivity contribution in [3.8, 4) is 6.07 Å². The van der Waals surface area contributed by atoms with Gasteiger partial charge < -0.3 is 4.90 Å². The molecule has 1 aliphatic rings. The molecular weight excluding hydrogens is 244 g/mol. The molecule has 20 heavy (non-hydrogen) atoms. The lowest BCUT2D eigenvalue weighted by Gasteiger charge is -2.26. The quantitative estimate of drug-likeness (QED) is 0.822. The van der Waals surface area contributed by atoms with E-state index in [1.807, 2.05) is 12.1 Å². The van der Waals surface area contributed by atoms with Crippen molar-refractivity contribution in [2.75, 3.05) is 4.90 Å². The molecule has 0 aromatic heterocycles. The van der Waals surface area contributed by atoms with Crippen LogP contribution < -0.4 is 4.90 Å². The summed E-state index contributed by atoms with van der Waals surface area (Å²) in [6.07, 6.45) is 1.12. The Bertz CT molecular complexity index is 682. The molecule has 0 aliphatic carbocycles. The van der Waals surface area contributed by atoms with Crippen LogP contribution >= 0.6 is 0 Å². The largest absolute Gasteiger partial charge is 0.364 e. The molecule has 2 aromatic rings. The van der Waals surface area contributed by atoms with Crippen LogP contribution in [-0.4, -0.2) is 6.04 Å². The average Bonchev–Trinajstić information content (AvgIpc) is 2.77. The Hall–Kier alpha value is -2.27. The SMILES string of the molecule is Cc1cc(C#N)ccc1CN1c2ccccc2CC1C. The molecule has 1 unspecified atom stereocenters. The third-order valence-corrected chi connectivity index (χ3v) is 4.16. The second-order valence-electron chi connectivity index (χ2n) is 5.56. The lowest BCUT2D eigenvalue weighted by Crippen LogP contribution is -2.28. The fraction of sp³-hybridized carbons (Fsp3) is 0.278. The number of hydrogen-bond acceptors (Lipinski definition) is 2. The van der Waals surface area contributed by atoms with Crippen molar-refractivity contribution in [3.63, 3.8) is 0 Å². The second kappa shape index (κ2) is 5.02. The normalized spacial score (nSPS) is 16.9. The lowest BCUT2D eigenvalue weighted by atomic mass is 10.0. The second-order valence-corrected chi connectivity index (χ2v) is 5.56. The van der Waals surface area contributed by atoms with Crippen LogP contribution in [-0.2, 0) is 13.0 Å². The van der Waals surface area contributed by atoms with E-state index in [1.54, 1.807) is 0 Å². The van der Waals surface area contributed by atoms with Crippen molar-refractivity contribution in [1.29, 1.82) is 5.26 Å². The molecule has 0 amide bonds. The predicted molar refractivity (Wildman–Crippen MR) is 81.7 cm³/mol. The number of hydrogen-bond donors (Lipinski definition) is 0. The molecule has 1 heterocycles. The summed E-state index contributed by atoms with van der Waals surface area (Å²) in [5.41, 5.74) is 6.02. The minimum atomic E-state index is 0.530. The first-order chi connectivity index (χ1) is 9.69. The van der Waals surface area contributed by atoms with Crippen molar-refractivity contribution in [1.82, 2.24) is 0 Å². The van der Waals surface area contributed by atoms with E-state index in [2.05, 4.69) is 55.1 Å². The smallest absolute Gasteiger partial charge is 0.0991 e. The van der Waals surface area contributed by atoms with Crippen molar-refractivity contribution in [3.05, 3.63) is 64.7 Å². The van der Waals surface area contributed by atoms with Gasteiger partial charge in [0.25, 0.3) is 0 Å². The zero-order chi connectivity index (χ0) is 14.1. The third kappa shape index (κ3) is 2.16. The van der Waals surface area contributed by atoms with Crippen LogP contribution in [0.3, 0.4) is 0 Å². The number of nitriles is 1. The topological polar surface area (TPSA) is 27.0 Å². The Balaban J connectivity index is 1.90. The van der Waals surface area contributed by atoms with Gasteiger partial charge in [-0.1, -0.05) is 24.3 Å². The van der Waals surface area contributed by atoms with Crippen molar-refractivity contribution < 1.29 is 0 Å². The molecule has 0 saturated carbocycles. The van der Waals surface area contributed by atoms with Crippen molar-refractivity contribution in [2.45, 2.75) is 32.9 Å². The van der Waals surface area contributed by atoms with E-state index < -0.39 is 0 Å². The van der Waals surface area contributed by atoms with E-state index in [4.69, 9.17) is 5.26 Å². The van der Waals surface area contributed by atoms with Crippen molar-refractivity contribution >= 4 is 5.69 Å². The van der Waals surface area contributed by atoms with Gasteiger partial charge >= 0.3 is 0 Å². The molecule has 2 nitrogen and oxygen atoms in total. The van der Waals surface area contributed by atoms with Gasteiger partial charge in [0.1, 0.15) is 0 Å². The Morgan fingerprint density at radius 2 is 2.05 bits per heavy atom. The highest BCUT2D eigenvalue weighted by Gasteiger charge is 2.25. The molecule has 0 fully saturated rings. The fourth-order valence-corrected chi connectivity index (χ4v) is 3.00. The first kappa shape index (κ1) is 12.7. The van der Waals surface area contributed by atoms with E-state index in [0.29, 0.717) is 6.04 Å². The minimum absolute atomic E-state index is 0.530. The number of aryl methyl sites for hydroxylation is 1. The van der Waals surface area contributed by atoms with E-state index in [-0.39, 0.29) is 0 Å². The van der Waals surface area contributed by atoms with Gasteiger partial charge in [0.05, 0.1) is 11.6 Å². The van der Waals surface area contributed by atoms with Gasteiger partial charge in [-0.15, -0.1) is 0 Å². The molecule has 0 saturated heterocycles. The summed E-state index contributed by atoms with van der Waals surface area (Å²) in [7, 11) is 0. The number of fused-ring (bicyclic) bond motifs is 1. The first-order valence-electron chi connectivity index (χ1n) is 7.03. The van der Waals surface area contributed by atoms with Gasteiger partial charge in [0, 0.05) is 18.3 Å². The number of benzene rings is 2. The monoisotopic (exact) mass is 262 g/mol. The van der Waals surface area contributed by atoms with Crippen LogP contribution in [0.15, 0.2) is 42.5 Å². The van der Waals surface area contributed by atoms with E-state index in [9.17, 15) is 0 Å². The molecule has 0 radical (unpaired) electrons. The maximum Gasteiger partial charge on any atom is 0.0991 e. The Labute approximate surface area is 120 Å².